The molecule has 0 radical (unpaired) electrons. The maximum absolute atomic E-state index is 5.68. The van der Waals surface area contributed by atoms with Crippen LogP contribution >= 0.6 is 0 Å². The van der Waals surface area contributed by atoms with Crippen molar-refractivity contribution in [3.05, 3.63) is 35.9 Å². The highest BCUT2D eigenvalue weighted by Gasteiger charge is 2.18. The summed E-state index contributed by atoms with van der Waals surface area (Å²) in [7, 11) is 0. The first-order valence-electron chi connectivity index (χ1n) is 6.91. The highest BCUT2D eigenvalue weighted by molar-refractivity contribution is 5.15. The van der Waals surface area contributed by atoms with Gasteiger partial charge < -0.3 is 0 Å². The summed E-state index contributed by atoms with van der Waals surface area (Å²) < 4.78 is 0. The lowest BCUT2D eigenvalue weighted by atomic mass is 9.82. The highest BCUT2D eigenvalue weighted by atomic mass is 15.2. The maximum Gasteiger partial charge on any atom is 0.0253 e. The Hall–Kier alpha value is -0.860. The molecule has 2 heteroatoms. The number of rotatable bonds is 6. The van der Waals surface area contributed by atoms with Gasteiger partial charge in [-0.15, -0.1) is 0 Å². The van der Waals surface area contributed by atoms with Crippen molar-refractivity contribution >= 4 is 0 Å². The third-order valence-corrected chi connectivity index (χ3v) is 3.21. The predicted molar refractivity (Wildman–Crippen MR) is 79.1 cm³/mol. The quantitative estimate of drug-likeness (QED) is 0.597. The normalized spacial score (nSPS) is 15.4. The lowest BCUT2D eigenvalue weighted by Gasteiger charge is -2.26. The molecule has 0 spiro atoms. The van der Waals surface area contributed by atoms with Gasteiger partial charge in [-0.2, -0.15) is 0 Å². The van der Waals surface area contributed by atoms with E-state index in [0.29, 0.717) is 17.4 Å². The van der Waals surface area contributed by atoms with Crippen LogP contribution in [0.5, 0.6) is 0 Å². The van der Waals surface area contributed by atoms with Crippen molar-refractivity contribution in [2.24, 2.45) is 17.2 Å². The van der Waals surface area contributed by atoms with Crippen LogP contribution < -0.4 is 11.3 Å². The molecule has 102 valence electrons. The molecule has 0 amide bonds. The molecule has 0 saturated heterocycles. The lowest BCUT2D eigenvalue weighted by molar-refractivity contribution is 0.274. The molecule has 2 nitrogen and oxygen atoms in total. The third-order valence-electron chi connectivity index (χ3n) is 3.21. The van der Waals surface area contributed by atoms with Gasteiger partial charge in [0.1, 0.15) is 0 Å². The van der Waals surface area contributed by atoms with Gasteiger partial charge in [0.25, 0.3) is 0 Å². The Morgan fingerprint density at radius 2 is 1.78 bits per heavy atom. The van der Waals surface area contributed by atoms with Crippen LogP contribution in [0.2, 0.25) is 0 Å². The molecule has 2 unspecified atom stereocenters. The van der Waals surface area contributed by atoms with Crippen LogP contribution in [0.25, 0.3) is 0 Å². The summed E-state index contributed by atoms with van der Waals surface area (Å²) in [4.78, 5) is 0. The van der Waals surface area contributed by atoms with Crippen LogP contribution in [0.15, 0.2) is 30.3 Å². The van der Waals surface area contributed by atoms with E-state index in [9.17, 15) is 0 Å². The van der Waals surface area contributed by atoms with E-state index in [1.54, 1.807) is 0 Å². The Kier molecular flexibility index (Phi) is 5.83. The molecule has 0 aliphatic carbocycles. The largest absolute Gasteiger partial charge is 0.271 e. The number of hydrogen-bond donors (Lipinski definition) is 2. The Labute approximate surface area is 112 Å². The molecule has 3 N–H and O–H groups in total. The molecule has 2 atom stereocenters. The molecule has 1 aromatic rings. The minimum atomic E-state index is 0.366. The molecule has 18 heavy (non-hydrogen) atoms. The number of hydrazine groups is 1. The van der Waals surface area contributed by atoms with Gasteiger partial charge in [0, 0.05) is 6.04 Å². The maximum atomic E-state index is 5.68. The number of nitrogens with two attached hydrogens (primary N) is 1. The van der Waals surface area contributed by atoms with E-state index < -0.39 is 0 Å². The molecule has 0 saturated carbocycles. The van der Waals surface area contributed by atoms with Crippen LogP contribution in [0.1, 0.15) is 46.1 Å². The number of benzene rings is 1. The summed E-state index contributed by atoms with van der Waals surface area (Å²) in [5, 5.41) is 0. The van der Waals surface area contributed by atoms with Crippen molar-refractivity contribution in [2.45, 2.75) is 53.0 Å². The van der Waals surface area contributed by atoms with E-state index in [1.807, 2.05) is 0 Å². The second-order valence-corrected chi connectivity index (χ2v) is 6.66. The number of hydrogen-bond acceptors (Lipinski definition) is 2. The fourth-order valence-electron chi connectivity index (χ4n) is 2.72. The molecule has 0 aromatic heterocycles. The summed E-state index contributed by atoms with van der Waals surface area (Å²) in [6, 6.07) is 10.9. The first-order valence-corrected chi connectivity index (χ1v) is 6.91. The molecule has 0 fully saturated rings. The van der Waals surface area contributed by atoms with Gasteiger partial charge in [0.2, 0.25) is 0 Å². The van der Waals surface area contributed by atoms with Gasteiger partial charge in [0.05, 0.1) is 0 Å². The zero-order chi connectivity index (χ0) is 13.6. The van der Waals surface area contributed by atoms with Gasteiger partial charge >= 0.3 is 0 Å². The predicted octanol–water partition coefficient (Wildman–Crippen LogP) is 3.52. The van der Waals surface area contributed by atoms with Crippen molar-refractivity contribution < 1.29 is 0 Å². The smallest absolute Gasteiger partial charge is 0.0253 e. The lowest BCUT2D eigenvalue weighted by Crippen LogP contribution is -2.38. The topological polar surface area (TPSA) is 38.0 Å². The van der Waals surface area contributed by atoms with Gasteiger partial charge in [-0.1, -0.05) is 58.0 Å². The molecule has 0 aliphatic rings. The van der Waals surface area contributed by atoms with Crippen molar-refractivity contribution in [1.82, 2.24) is 5.43 Å². The second kappa shape index (κ2) is 6.91. The average Bonchev–Trinajstić information content (AvgIpc) is 2.27. The molecule has 0 bridgehead atoms. The summed E-state index contributed by atoms with van der Waals surface area (Å²) in [5.41, 5.74) is 4.71. The molecular weight excluding hydrogens is 220 g/mol. The van der Waals surface area contributed by atoms with Gasteiger partial charge in [0.15, 0.2) is 0 Å². The summed E-state index contributed by atoms with van der Waals surface area (Å²) >= 11 is 0. The van der Waals surface area contributed by atoms with Gasteiger partial charge in [-0.05, 0) is 36.2 Å². The van der Waals surface area contributed by atoms with E-state index in [0.717, 1.165) is 12.8 Å². The molecule has 1 rings (SSSR count). The van der Waals surface area contributed by atoms with Crippen LogP contribution in [0.3, 0.4) is 0 Å². The minimum absolute atomic E-state index is 0.366. The summed E-state index contributed by atoms with van der Waals surface area (Å²) in [5.74, 6) is 6.37. The molecular formula is C16H28N2. The van der Waals surface area contributed by atoms with Crippen molar-refractivity contribution in [2.75, 3.05) is 0 Å². The molecule has 0 heterocycles. The van der Waals surface area contributed by atoms with E-state index in [4.69, 9.17) is 5.84 Å². The Morgan fingerprint density at radius 1 is 1.17 bits per heavy atom. The van der Waals surface area contributed by atoms with Crippen molar-refractivity contribution in [3.63, 3.8) is 0 Å². The Bertz CT molecular complexity index is 327. The summed E-state index contributed by atoms with van der Waals surface area (Å²) in [6.45, 7) is 9.21. The number of nitrogens with one attached hydrogen (secondary N) is 1. The van der Waals surface area contributed by atoms with Gasteiger partial charge in [-0.3, -0.25) is 11.3 Å². The minimum Gasteiger partial charge on any atom is -0.271 e. The first kappa shape index (κ1) is 15.2. The SMILES string of the molecule is CC(CC(Cc1ccccc1)NN)CC(C)(C)C. The second-order valence-electron chi connectivity index (χ2n) is 6.66. The van der Waals surface area contributed by atoms with Crippen LogP contribution in [0.4, 0.5) is 0 Å². The fraction of sp³-hybridized carbons (Fsp3) is 0.625. The van der Waals surface area contributed by atoms with E-state index >= 15 is 0 Å². The monoisotopic (exact) mass is 248 g/mol. The van der Waals surface area contributed by atoms with Crippen molar-refractivity contribution in [3.8, 4) is 0 Å². The van der Waals surface area contributed by atoms with Gasteiger partial charge in [-0.25, -0.2) is 0 Å². The third kappa shape index (κ3) is 6.18. The average molecular weight is 248 g/mol. The van der Waals surface area contributed by atoms with Crippen molar-refractivity contribution in [1.29, 1.82) is 0 Å². The Balaban J connectivity index is 2.47. The first-order chi connectivity index (χ1) is 8.40. The summed E-state index contributed by atoms with van der Waals surface area (Å²) in [6.07, 6.45) is 3.37. The highest BCUT2D eigenvalue weighted by Crippen LogP contribution is 2.27. The zero-order valence-corrected chi connectivity index (χ0v) is 12.2. The molecule has 0 aliphatic heterocycles. The van der Waals surface area contributed by atoms with Crippen LogP contribution in [-0.4, -0.2) is 6.04 Å². The zero-order valence-electron chi connectivity index (χ0n) is 12.2. The fourth-order valence-corrected chi connectivity index (χ4v) is 2.72. The van der Waals surface area contributed by atoms with E-state index in [-0.39, 0.29) is 0 Å². The Morgan fingerprint density at radius 3 is 2.28 bits per heavy atom. The standard InChI is InChI=1S/C16H28N2/c1-13(12-16(2,3)4)10-15(18-17)11-14-8-6-5-7-9-14/h5-9,13,15,18H,10-12,17H2,1-4H3. The van der Waals surface area contributed by atoms with Crippen LogP contribution in [0, 0.1) is 11.3 Å². The van der Waals surface area contributed by atoms with Crippen LogP contribution in [-0.2, 0) is 6.42 Å². The van der Waals surface area contributed by atoms with E-state index in [1.165, 1.54) is 12.0 Å². The molecule has 1 aromatic carbocycles. The van der Waals surface area contributed by atoms with E-state index in [2.05, 4.69) is 63.5 Å².